The van der Waals surface area contributed by atoms with E-state index in [2.05, 4.69) is 17.4 Å². The summed E-state index contributed by atoms with van der Waals surface area (Å²) in [6.45, 7) is 0. The van der Waals surface area contributed by atoms with Gasteiger partial charge in [-0.05, 0) is 36.1 Å². The minimum Gasteiger partial charge on any atom is -0.379 e. The average molecular weight is 263 g/mol. The normalized spacial score (nSPS) is 30.2. The highest BCUT2D eigenvalue weighted by atomic mass is 32.2. The Hall–Kier alpha value is -1.00. The van der Waals surface area contributed by atoms with Crippen molar-refractivity contribution in [2.45, 2.75) is 30.9 Å². The third-order valence-electron chi connectivity index (χ3n) is 3.86. The number of benzene rings is 1. The van der Waals surface area contributed by atoms with Gasteiger partial charge >= 0.3 is 0 Å². The molecule has 0 saturated carbocycles. The lowest BCUT2D eigenvalue weighted by Crippen LogP contribution is -2.47. The topological polar surface area (TPSA) is 49.3 Å². The average Bonchev–Trinajstić information content (AvgIpc) is 2.98. The first-order valence-corrected chi connectivity index (χ1v) is 7.53. The molecule has 0 aromatic heterocycles. The molecule has 0 bridgehead atoms. The molecule has 4 heteroatoms. The van der Waals surface area contributed by atoms with E-state index < -0.39 is 5.60 Å². The van der Waals surface area contributed by atoms with Crippen LogP contribution in [0.4, 0.5) is 0 Å². The summed E-state index contributed by atoms with van der Waals surface area (Å²) in [6, 6.07) is 8.29. The minimum atomic E-state index is -1.15. The van der Waals surface area contributed by atoms with Crippen LogP contribution in [0.25, 0.3) is 0 Å². The molecule has 0 spiro atoms. The van der Waals surface area contributed by atoms with Gasteiger partial charge in [0, 0.05) is 5.75 Å². The van der Waals surface area contributed by atoms with E-state index >= 15 is 0 Å². The Morgan fingerprint density at radius 3 is 3.06 bits per heavy atom. The molecule has 1 amide bonds. The Labute approximate surface area is 111 Å². The number of hydrogen-bond donors (Lipinski definition) is 2. The van der Waals surface area contributed by atoms with Crippen LogP contribution in [0.5, 0.6) is 0 Å². The van der Waals surface area contributed by atoms with Crippen molar-refractivity contribution < 1.29 is 9.90 Å². The summed E-state index contributed by atoms with van der Waals surface area (Å²) in [6.07, 6.45) is 2.51. The van der Waals surface area contributed by atoms with Crippen molar-refractivity contribution in [3.63, 3.8) is 0 Å². The van der Waals surface area contributed by atoms with E-state index in [0.717, 1.165) is 18.6 Å². The molecule has 1 aliphatic heterocycles. The number of carbonyl (C=O) groups is 1. The molecule has 1 heterocycles. The zero-order valence-electron chi connectivity index (χ0n) is 10.2. The fraction of sp³-hybridized carbons (Fsp3) is 0.500. The van der Waals surface area contributed by atoms with Gasteiger partial charge in [-0.25, -0.2) is 0 Å². The van der Waals surface area contributed by atoms with Crippen LogP contribution in [-0.2, 0) is 11.2 Å². The van der Waals surface area contributed by atoms with E-state index in [1.165, 1.54) is 11.1 Å². The summed E-state index contributed by atoms with van der Waals surface area (Å²) in [5.74, 6) is 1.19. The maximum Gasteiger partial charge on any atom is 0.253 e. The van der Waals surface area contributed by atoms with Crippen molar-refractivity contribution in [3.05, 3.63) is 35.4 Å². The summed E-state index contributed by atoms with van der Waals surface area (Å²) < 4.78 is 0. The second-order valence-corrected chi connectivity index (χ2v) is 6.20. The van der Waals surface area contributed by atoms with Gasteiger partial charge in [0.25, 0.3) is 5.91 Å². The predicted octanol–water partition coefficient (Wildman–Crippen LogP) is 1.66. The van der Waals surface area contributed by atoms with E-state index in [9.17, 15) is 9.90 Å². The fourth-order valence-corrected chi connectivity index (χ4v) is 3.97. The summed E-state index contributed by atoms with van der Waals surface area (Å²) in [5, 5.41) is 13.3. The molecule has 1 saturated heterocycles. The van der Waals surface area contributed by atoms with Gasteiger partial charge in [-0.3, -0.25) is 4.79 Å². The quantitative estimate of drug-likeness (QED) is 0.853. The van der Waals surface area contributed by atoms with Gasteiger partial charge in [0.15, 0.2) is 5.60 Å². The van der Waals surface area contributed by atoms with Gasteiger partial charge in [-0.2, -0.15) is 11.8 Å². The Morgan fingerprint density at radius 2 is 2.28 bits per heavy atom. The Bertz CT molecular complexity index is 469. The summed E-state index contributed by atoms with van der Waals surface area (Å²) in [4.78, 5) is 12.2. The zero-order chi connectivity index (χ0) is 12.6. The number of thioether (sulfide) groups is 1. The third kappa shape index (κ3) is 2.04. The van der Waals surface area contributed by atoms with Crippen molar-refractivity contribution in [2.75, 3.05) is 11.5 Å². The number of nitrogens with one attached hydrogen (secondary N) is 1. The Balaban J connectivity index is 1.73. The smallest absolute Gasteiger partial charge is 0.253 e. The van der Waals surface area contributed by atoms with Gasteiger partial charge in [-0.1, -0.05) is 24.3 Å². The summed E-state index contributed by atoms with van der Waals surface area (Å²) in [7, 11) is 0. The molecular formula is C14H17NO2S. The first kappa shape index (κ1) is 12.1. The molecule has 2 aliphatic rings. The highest BCUT2D eigenvalue weighted by molar-refractivity contribution is 7.99. The SMILES string of the molecule is O=C(NC1CCc2ccccc21)C1(O)CCSC1. The number of rotatable bonds is 2. The molecule has 0 radical (unpaired) electrons. The van der Waals surface area contributed by atoms with Gasteiger partial charge in [0.1, 0.15) is 0 Å². The van der Waals surface area contributed by atoms with Crippen molar-refractivity contribution in [2.24, 2.45) is 0 Å². The summed E-state index contributed by atoms with van der Waals surface area (Å²) >= 11 is 1.64. The highest BCUT2D eigenvalue weighted by Gasteiger charge is 2.40. The van der Waals surface area contributed by atoms with Crippen molar-refractivity contribution >= 4 is 17.7 Å². The Morgan fingerprint density at radius 1 is 1.44 bits per heavy atom. The van der Waals surface area contributed by atoms with Crippen molar-refractivity contribution in [3.8, 4) is 0 Å². The molecule has 2 unspecified atom stereocenters. The van der Waals surface area contributed by atoms with Crippen LogP contribution in [0.2, 0.25) is 0 Å². The first-order chi connectivity index (χ1) is 8.69. The molecule has 3 rings (SSSR count). The van der Waals surface area contributed by atoms with E-state index in [1.54, 1.807) is 11.8 Å². The predicted molar refractivity (Wildman–Crippen MR) is 72.5 cm³/mol. The third-order valence-corrected chi connectivity index (χ3v) is 5.04. The number of amides is 1. The molecule has 1 aromatic rings. The molecule has 1 aromatic carbocycles. The van der Waals surface area contributed by atoms with Crippen LogP contribution >= 0.6 is 11.8 Å². The second kappa shape index (κ2) is 4.59. The molecule has 3 nitrogen and oxygen atoms in total. The van der Waals surface area contributed by atoms with E-state index in [4.69, 9.17) is 0 Å². The standard InChI is InChI=1S/C14H17NO2S/c16-13(14(17)7-8-18-9-14)15-12-6-5-10-3-1-2-4-11(10)12/h1-4,12,17H,5-9H2,(H,15,16). The molecule has 1 aliphatic carbocycles. The number of aliphatic hydroxyl groups is 1. The van der Waals surface area contributed by atoms with Crippen molar-refractivity contribution in [1.82, 2.24) is 5.32 Å². The lowest BCUT2D eigenvalue weighted by molar-refractivity contribution is -0.138. The largest absolute Gasteiger partial charge is 0.379 e. The monoisotopic (exact) mass is 263 g/mol. The molecule has 1 fully saturated rings. The maximum atomic E-state index is 12.2. The van der Waals surface area contributed by atoms with Gasteiger partial charge < -0.3 is 10.4 Å². The fourth-order valence-electron chi connectivity index (χ4n) is 2.73. The van der Waals surface area contributed by atoms with Crippen LogP contribution in [0.3, 0.4) is 0 Å². The zero-order valence-corrected chi connectivity index (χ0v) is 11.0. The van der Waals surface area contributed by atoms with Crippen LogP contribution in [0.1, 0.15) is 30.0 Å². The first-order valence-electron chi connectivity index (χ1n) is 6.38. The van der Waals surface area contributed by atoms with Gasteiger partial charge in [0.2, 0.25) is 0 Å². The number of aryl methyl sites for hydroxylation is 1. The van der Waals surface area contributed by atoms with Crippen LogP contribution in [-0.4, -0.2) is 28.1 Å². The van der Waals surface area contributed by atoms with Crippen LogP contribution in [0.15, 0.2) is 24.3 Å². The molecule has 18 heavy (non-hydrogen) atoms. The number of carbonyl (C=O) groups excluding carboxylic acids is 1. The van der Waals surface area contributed by atoms with Crippen LogP contribution < -0.4 is 5.32 Å². The number of hydrogen-bond acceptors (Lipinski definition) is 3. The van der Waals surface area contributed by atoms with Gasteiger partial charge in [-0.15, -0.1) is 0 Å². The molecule has 2 N–H and O–H groups in total. The maximum absolute atomic E-state index is 12.2. The lowest BCUT2D eigenvalue weighted by atomic mass is 10.0. The van der Waals surface area contributed by atoms with E-state index in [-0.39, 0.29) is 11.9 Å². The van der Waals surface area contributed by atoms with Crippen molar-refractivity contribution in [1.29, 1.82) is 0 Å². The van der Waals surface area contributed by atoms with E-state index in [0.29, 0.717) is 12.2 Å². The summed E-state index contributed by atoms with van der Waals surface area (Å²) in [5.41, 5.74) is 1.37. The number of fused-ring (bicyclic) bond motifs is 1. The lowest BCUT2D eigenvalue weighted by Gasteiger charge is -2.23. The van der Waals surface area contributed by atoms with E-state index in [1.807, 2.05) is 12.1 Å². The minimum absolute atomic E-state index is 0.0725. The second-order valence-electron chi connectivity index (χ2n) is 5.10. The highest BCUT2D eigenvalue weighted by Crippen LogP contribution is 2.33. The van der Waals surface area contributed by atoms with Gasteiger partial charge in [0.05, 0.1) is 6.04 Å². The molecule has 2 atom stereocenters. The van der Waals surface area contributed by atoms with Crippen LogP contribution in [0, 0.1) is 0 Å². The molecule has 96 valence electrons. The Kier molecular flexibility index (Phi) is 3.08. The molecular weight excluding hydrogens is 246 g/mol.